The Morgan fingerprint density at radius 2 is 1.93 bits per heavy atom. The summed E-state index contributed by atoms with van der Waals surface area (Å²) in [7, 11) is 0. The quantitative estimate of drug-likeness (QED) is 0.674. The molecule has 1 aromatic carbocycles. The van der Waals surface area contributed by atoms with Gasteiger partial charge in [0.05, 0.1) is 0 Å². The van der Waals surface area contributed by atoms with Gasteiger partial charge in [0, 0.05) is 11.3 Å². The van der Waals surface area contributed by atoms with Crippen LogP contribution in [0.15, 0.2) is 18.2 Å². The van der Waals surface area contributed by atoms with Crippen LogP contribution in [0, 0.1) is 28.9 Å². The van der Waals surface area contributed by atoms with Gasteiger partial charge in [-0.05, 0) is 41.3 Å². The lowest BCUT2D eigenvalue weighted by atomic mass is 9.89. The maximum atomic E-state index is 13.4. The molecule has 0 N–H and O–H groups in total. The molecule has 80 valence electrons. The van der Waals surface area contributed by atoms with Gasteiger partial charge in [0.15, 0.2) is 0 Å². The van der Waals surface area contributed by atoms with Crippen LogP contribution >= 0.6 is 11.6 Å². The van der Waals surface area contributed by atoms with Crippen LogP contribution in [0.1, 0.15) is 25.3 Å². The molecule has 0 aliphatic rings. The van der Waals surface area contributed by atoms with E-state index < -0.39 is 11.6 Å². The fraction of sp³-hybridized carbons (Fsp3) is 0.333. The van der Waals surface area contributed by atoms with E-state index >= 15 is 0 Å². The summed E-state index contributed by atoms with van der Waals surface area (Å²) in [5.41, 5.74) is 0.335. The fourth-order valence-electron chi connectivity index (χ4n) is 1.34. The standard InChI is InChI=1S/C12H11ClF2/c1-8(5-6-13)9(2)11-7-10(14)3-4-12(11)15/h3-4,7-9H,1-2H3. The predicted molar refractivity (Wildman–Crippen MR) is 57.6 cm³/mol. The zero-order chi connectivity index (χ0) is 11.4. The van der Waals surface area contributed by atoms with Gasteiger partial charge in [0.1, 0.15) is 11.6 Å². The van der Waals surface area contributed by atoms with Crippen LogP contribution in [0.4, 0.5) is 8.78 Å². The van der Waals surface area contributed by atoms with E-state index in [1.165, 1.54) is 6.07 Å². The predicted octanol–water partition coefficient (Wildman–Crippen LogP) is 3.90. The van der Waals surface area contributed by atoms with E-state index in [0.717, 1.165) is 12.1 Å². The number of hydrogen-bond donors (Lipinski definition) is 0. The van der Waals surface area contributed by atoms with Crippen LogP contribution in [0.3, 0.4) is 0 Å². The van der Waals surface area contributed by atoms with Gasteiger partial charge in [-0.1, -0.05) is 19.8 Å². The van der Waals surface area contributed by atoms with E-state index in [9.17, 15) is 8.78 Å². The maximum absolute atomic E-state index is 13.4. The first-order valence-corrected chi connectivity index (χ1v) is 5.00. The second kappa shape index (κ2) is 5.14. The molecule has 0 aliphatic heterocycles. The van der Waals surface area contributed by atoms with E-state index in [-0.39, 0.29) is 11.8 Å². The van der Waals surface area contributed by atoms with Gasteiger partial charge in [-0.2, -0.15) is 0 Å². The van der Waals surface area contributed by atoms with Gasteiger partial charge in [-0.25, -0.2) is 8.78 Å². The maximum Gasteiger partial charge on any atom is 0.126 e. The van der Waals surface area contributed by atoms with Crippen LogP contribution < -0.4 is 0 Å². The van der Waals surface area contributed by atoms with Gasteiger partial charge in [-0.3, -0.25) is 0 Å². The molecule has 0 radical (unpaired) electrons. The number of rotatable bonds is 2. The lowest BCUT2D eigenvalue weighted by molar-refractivity contribution is 0.533. The Morgan fingerprint density at radius 1 is 1.27 bits per heavy atom. The molecular weight excluding hydrogens is 218 g/mol. The molecule has 2 unspecified atom stereocenters. The largest absolute Gasteiger partial charge is 0.207 e. The summed E-state index contributed by atoms with van der Waals surface area (Å²) in [4.78, 5) is 0. The molecule has 0 nitrogen and oxygen atoms in total. The van der Waals surface area contributed by atoms with Gasteiger partial charge in [-0.15, -0.1) is 0 Å². The molecule has 0 amide bonds. The van der Waals surface area contributed by atoms with E-state index in [1.54, 1.807) is 6.92 Å². The number of halogens is 3. The summed E-state index contributed by atoms with van der Waals surface area (Å²) < 4.78 is 26.3. The molecule has 0 aromatic heterocycles. The highest BCUT2D eigenvalue weighted by atomic mass is 35.5. The Kier molecular flexibility index (Phi) is 4.11. The summed E-state index contributed by atoms with van der Waals surface area (Å²) in [6.45, 7) is 3.62. The normalized spacial score (nSPS) is 13.9. The van der Waals surface area contributed by atoms with E-state index in [0.29, 0.717) is 5.56 Å². The smallest absolute Gasteiger partial charge is 0.126 e. The van der Waals surface area contributed by atoms with Crippen molar-refractivity contribution in [1.82, 2.24) is 0 Å². The highest BCUT2D eigenvalue weighted by Gasteiger charge is 2.16. The van der Waals surface area contributed by atoms with Crippen molar-refractivity contribution in [2.75, 3.05) is 0 Å². The topological polar surface area (TPSA) is 0 Å². The van der Waals surface area contributed by atoms with E-state index in [4.69, 9.17) is 11.6 Å². The Hall–Kier alpha value is -1.07. The average Bonchev–Trinajstić information content (AvgIpc) is 2.21. The Labute approximate surface area is 93.3 Å². The number of hydrogen-bond acceptors (Lipinski definition) is 0. The summed E-state index contributed by atoms with van der Waals surface area (Å²) in [5, 5.41) is 2.26. The number of benzene rings is 1. The summed E-state index contributed by atoms with van der Waals surface area (Å²) in [6, 6.07) is 3.43. The van der Waals surface area contributed by atoms with Crippen LogP contribution in [-0.2, 0) is 0 Å². The van der Waals surface area contributed by atoms with Crippen molar-refractivity contribution in [3.05, 3.63) is 35.4 Å². The second-order valence-corrected chi connectivity index (χ2v) is 3.67. The SMILES string of the molecule is CC(C#CCl)C(C)c1cc(F)ccc1F. The van der Waals surface area contributed by atoms with Gasteiger partial charge in [0.2, 0.25) is 0 Å². The Bertz CT molecular complexity index is 404. The monoisotopic (exact) mass is 228 g/mol. The summed E-state index contributed by atoms with van der Waals surface area (Å²) >= 11 is 5.27. The zero-order valence-electron chi connectivity index (χ0n) is 8.52. The minimum absolute atomic E-state index is 0.112. The minimum Gasteiger partial charge on any atom is -0.207 e. The molecule has 0 spiro atoms. The van der Waals surface area contributed by atoms with Gasteiger partial charge in [0.25, 0.3) is 0 Å². The van der Waals surface area contributed by atoms with Crippen molar-refractivity contribution in [2.24, 2.45) is 5.92 Å². The van der Waals surface area contributed by atoms with Crippen molar-refractivity contribution in [1.29, 1.82) is 0 Å². The van der Waals surface area contributed by atoms with Crippen molar-refractivity contribution in [3.63, 3.8) is 0 Å². The van der Waals surface area contributed by atoms with E-state index in [1.807, 2.05) is 6.92 Å². The fourth-order valence-corrected chi connectivity index (χ4v) is 1.52. The molecule has 0 fully saturated rings. The summed E-state index contributed by atoms with van der Waals surface area (Å²) in [5.74, 6) is 1.57. The van der Waals surface area contributed by atoms with Crippen molar-refractivity contribution in [2.45, 2.75) is 19.8 Å². The van der Waals surface area contributed by atoms with Crippen LogP contribution in [-0.4, -0.2) is 0 Å². The first-order chi connectivity index (χ1) is 7.06. The second-order valence-electron chi connectivity index (χ2n) is 3.48. The molecule has 15 heavy (non-hydrogen) atoms. The van der Waals surface area contributed by atoms with Crippen molar-refractivity contribution in [3.8, 4) is 11.3 Å². The third-order valence-electron chi connectivity index (χ3n) is 2.48. The molecule has 1 rings (SSSR count). The first kappa shape index (κ1) is 12.0. The molecule has 0 saturated heterocycles. The van der Waals surface area contributed by atoms with Crippen LogP contribution in [0.5, 0.6) is 0 Å². The Balaban J connectivity index is 3.02. The first-order valence-electron chi connectivity index (χ1n) is 4.62. The molecule has 0 saturated carbocycles. The van der Waals surface area contributed by atoms with E-state index in [2.05, 4.69) is 11.3 Å². The Morgan fingerprint density at radius 3 is 2.53 bits per heavy atom. The van der Waals surface area contributed by atoms with Gasteiger partial charge >= 0.3 is 0 Å². The third kappa shape index (κ3) is 2.94. The molecule has 0 aliphatic carbocycles. The molecule has 1 aromatic rings. The van der Waals surface area contributed by atoms with Crippen LogP contribution in [0.25, 0.3) is 0 Å². The average molecular weight is 229 g/mol. The molecule has 2 atom stereocenters. The third-order valence-corrected chi connectivity index (χ3v) is 2.59. The molecule has 3 heteroatoms. The zero-order valence-corrected chi connectivity index (χ0v) is 9.28. The lowest BCUT2D eigenvalue weighted by Crippen LogP contribution is -2.06. The molecule has 0 bridgehead atoms. The molecule has 0 heterocycles. The lowest BCUT2D eigenvalue weighted by Gasteiger charge is -2.15. The van der Waals surface area contributed by atoms with Crippen molar-refractivity contribution >= 4 is 11.6 Å². The summed E-state index contributed by atoms with van der Waals surface area (Å²) in [6.07, 6.45) is 0. The van der Waals surface area contributed by atoms with Gasteiger partial charge < -0.3 is 0 Å². The highest BCUT2D eigenvalue weighted by Crippen LogP contribution is 2.26. The highest BCUT2D eigenvalue weighted by molar-refractivity contribution is 6.30. The van der Waals surface area contributed by atoms with Crippen LogP contribution in [0.2, 0.25) is 0 Å². The van der Waals surface area contributed by atoms with Crippen molar-refractivity contribution < 1.29 is 8.78 Å². The minimum atomic E-state index is -0.440. The molecular formula is C12H11ClF2.